The van der Waals surface area contributed by atoms with E-state index in [2.05, 4.69) is 34.9 Å². The number of aromatic amines is 1. The quantitative estimate of drug-likeness (QED) is 0.293. The van der Waals surface area contributed by atoms with Crippen LogP contribution in [0.4, 0.5) is 19.0 Å². The number of fused-ring (bicyclic) bond motifs is 1. The highest BCUT2D eigenvalue weighted by Crippen LogP contribution is 2.45. The second kappa shape index (κ2) is 9.93. The van der Waals surface area contributed by atoms with Crippen molar-refractivity contribution in [3.63, 3.8) is 0 Å². The molecule has 1 aliphatic carbocycles. The van der Waals surface area contributed by atoms with Gasteiger partial charge in [-0.05, 0) is 33.6 Å². The summed E-state index contributed by atoms with van der Waals surface area (Å²) >= 11 is 0. The molecule has 1 fully saturated rings. The van der Waals surface area contributed by atoms with Crippen LogP contribution in [0.3, 0.4) is 0 Å². The summed E-state index contributed by atoms with van der Waals surface area (Å²) in [7, 11) is 3.44. The van der Waals surface area contributed by atoms with E-state index in [0.717, 1.165) is 24.7 Å². The molecule has 0 radical (unpaired) electrons. The Hall–Kier alpha value is -4.36. The first-order chi connectivity index (χ1) is 19.6. The molecule has 0 bridgehead atoms. The van der Waals surface area contributed by atoms with Crippen molar-refractivity contribution in [1.29, 1.82) is 0 Å². The molecule has 4 aromatic heterocycles. The summed E-state index contributed by atoms with van der Waals surface area (Å²) in [4.78, 5) is 36.3. The molecule has 1 aliphatic heterocycles. The molecule has 4 aromatic rings. The first-order valence-corrected chi connectivity index (χ1v) is 13.3. The zero-order valence-corrected chi connectivity index (χ0v) is 23.3. The van der Waals surface area contributed by atoms with Crippen LogP contribution in [0.15, 0.2) is 29.5 Å². The van der Waals surface area contributed by atoms with Gasteiger partial charge in [0.05, 0.1) is 36.1 Å². The van der Waals surface area contributed by atoms with Crippen molar-refractivity contribution in [2.75, 3.05) is 25.6 Å². The van der Waals surface area contributed by atoms with Gasteiger partial charge in [-0.15, -0.1) is 0 Å². The number of alkyl halides is 3. The van der Waals surface area contributed by atoms with Gasteiger partial charge in [0, 0.05) is 38.2 Å². The highest BCUT2D eigenvalue weighted by Gasteiger charge is 2.37. The molecule has 1 N–H and O–H groups in total. The van der Waals surface area contributed by atoms with Crippen molar-refractivity contribution in [3.8, 4) is 17.3 Å². The number of nitrogens with zero attached hydrogens (tertiary/aromatic N) is 9. The van der Waals surface area contributed by atoms with Gasteiger partial charge in [0.25, 0.3) is 0 Å². The summed E-state index contributed by atoms with van der Waals surface area (Å²) in [5.41, 5.74) is 3.75. The Morgan fingerprint density at radius 3 is 2.59 bits per heavy atom. The number of hydrogen-bond donors (Lipinski definition) is 1. The minimum Gasteiger partial charge on any atom is -0.480 e. The maximum absolute atomic E-state index is 13.5. The first kappa shape index (κ1) is 26.8. The van der Waals surface area contributed by atoms with Gasteiger partial charge in [-0.3, -0.25) is 4.99 Å². The number of ether oxygens (including phenoxy) is 1. The number of H-pyrrole nitrogens is 1. The van der Waals surface area contributed by atoms with Gasteiger partial charge >= 0.3 is 6.18 Å². The number of anilines is 1. The van der Waals surface area contributed by atoms with E-state index in [1.54, 1.807) is 24.9 Å². The average molecular weight is 567 g/mol. The lowest BCUT2D eigenvalue weighted by Crippen LogP contribution is -2.24. The Labute approximate surface area is 233 Å². The monoisotopic (exact) mass is 566 g/mol. The summed E-state index contributed by atoms with van der Waals surface area (Å²) in [5, 5.41) is 0. The number of imidazole rings is 2. The fourth-order valence-corrected chi connectivity index (χ4v) is 5.05. The summed E-state index contributed by atoms with van der Waals surface area (Å²) in [6.45, 7) is 5.92. The van der Waals surface area contributed by atoms with Crippen LogP contribution in [0.25, 0.3) is 28.1 Å². The van der Waals surface area contributed by atoms with Gasteiger partial charge in [-0.1, -0.05) is 0 Å². The topological polar surface area (TPSA) is 123 Å². The lowest BCUT2D eigenvalue weighted by atomic mass is 10.00. The van der Waals surface area contributed by atoms with Crippen molar-refractivity contribution in [2.24, 2.45) is 4.99 Å². The molecule has 214 valence electrons. The van der Waals surface area contributed by atoms with Crippen LogP contribution in [0.1, 0.15) is 69.2 Å². The van der Waals surface area contributed by atoms with Gasteiger partial charge in [-0.2, -0.15) is 13.2 Å². The molecule has 14 heteroatoms. The Morgan fingerprint density at radius 1 is 1.15 bits per heavy atom. The zero-order chi connectivity index (χ0) is 29.1. The normalized spacial score (nSPS) is 15.5. The lowest BCUT2D eigenvalue weighted by molar-refractivity contribution is -0.141. The van der Waals surface area contributed by atoms with E-state index in [9.17, 15) is 13.2 Å². The number of hydrogen-bond acceptors (Lipinski definition) is 9. The highest BCUT2D eigenvalue weighted by molar-refractivity contribution is 6.27. The minimum absolute atomic E-state index is 0.203. The van der Waals surface area contributed by atoms with Gasteiger partial charge in [0.2, 0.25) is 5.88 Å². The second-order valence-electron chi connectivity index (χ2n) is 10.5. The number of methoxy groups -OCH3 is 1. The molecule has 0 amide bonds. The molecule has 5 heterocycles. The summed E-state index contributed by atoms with van der Waals surface area (Å²) in [6.07, 6.45) is 2.11. The predicted octanol–water partition coefficient (Wildman–Crippen LogP) is 5.20. The molecular formula is C27H29F3N10O. The van der Waals surface area contributed by atoms with Crippen molar-refractivity contribution in [3.05, 3.63) is 41.8 Å². The fourth-order valence-electron chi connectivity index (χ4n) is 5.05. The molecule has 0 aromatic carbocycles. The van der Waals surface area contributed by atoms with E-state index >= 15 is 0 Å². The molecule has 0 atom stereocenters. The van der Waals surface area contributed by atoms with Crippen LogP contribution in [0, 0.1) is 0 Å². The Bertz CT molecular complexity index is 1700. The van der Waals surface area contributed by atoms with Crippen LogP contribution >= 0.6 is 0 Å². The average Bonchev–Trinajstić information content (AvgIpc) is 3.49. The van der Waals surface area contributed by atoms with Crippen LogP contribution < -0.4 is 9.64 Å². The number of nitrogens with one attached hydrogen (secondary N) is 1. The van der Waals surface area contributed by atoms with Crippen molar-refractivity contribution < 1.29 is 17.9 Å². The van der Waals surface area contributed by atoms with E-state index in [1.165, 1.54) is 6.33 Å². The van der Waals surface area contributed by atoms with E-state index in [-0.39, 0.29) is 11.9 Å². The van der Waals surface area contributed by atoms with Crippen molar-refractivity contribution in [1.82, 2.24) is 39.5 Å². The third-order valence-corrected chi connectivity index (χ3v) is 7.29. The summed E-state index contributed by atoms with van der Waals surface area (Å²) in [6, 6.07) is -0.203. The Kier molecular flexibility index (Phi) is 6.50. The minimum atomic E-state index is -4.53. The maximum atomic E-state index is 13.5. The van der Waals surface area contributed by atoms with Crippen LogP contribution in [-0.4, -0.2) is 65.9 Å². The number of aromatic nitrogens is 8. The summed E-state index contributed by atoms with van der Waals surface area (Å²) in [5.74, 6) is 2.02. The fraction of sp³-hybridized carbons (Fsp3) is 0.444. The van der Waals surface area contributed by atoms with E-state index in [0.29, 0.717) is 70.1 Å². The third kappa shape index (κ3) is 4.80. The lowest BCUT2D eigenvalue weighted by Gasteiger charge is -2.25. The molecular weight excluding hydrogens is 537 g/mol. The number of aliphatic imine (C=N–C) groups is 1. The van der Waals surface area contributed by atoms with Gasteiger partial charge < -0.3 is 19.2 Å². The molecule has 41 heavy (non-hydrogen) atoms. The van der Waals surface area contributed by atoms with Crippen molar-refractivity contribution in [2.45, 2.75) is 58.2 Å². The zero-order valence-electron chi connectivity index (χ0n) is 23.3. The number of allylic oxidation sites excluding steroid dienone is 1. The SMILES string of the molecule is COc1ncnc(C2CC2)c1-c1nc(N(C)CCC2=C(c3nc(C(F)(F)F)cn3C(C)C)C(C)=N2)c2[nH]cnc2n1. The Morgan fingerprint density at radius 2 is 1.93 bits per heavy atom. The molecule has 0 saturated heterocycles. The van der Waals surface area contributed by atoms with Gasteiger partial charge in [0.1, 0.15) is 23.2 Å². The van der Waals surface area contributed by atoms with Crippen LogP contribution in [0.2, 0.25) is 0 Å². The molecule has 1 saturated carbocycles. The van der Waals surface area contributed by atoms with Gasteiger partial charge in [-0.25, -0.2) is 29.9 Å². The van der Waals surface area contributed by atoms with Gasteiger partial charge in [0.15, 0.2) is 23.0 Å². The largest absolute Gasteiger partial charge is 0.480 e. The number of halogens is 3. The highest BCUT2D eigenvalue weighted by atomic mass is 19.4. The van der Waals surface area contributed by atoms with E-state index in [1.807, 2.05) is 25.8 Å². The first-order valence-electron chi connectivity index (χ1n) is 13.3. The standard InChI is InChI=1S/C27H29F3N10O/c1-13(2)40-10-17(27(28,29)30)36-24(40)18-14(3)35-16(18)8-9-39(4)25-21-23(33-11-32-21)37-22(38-25)19-20(15-6-7-15)31-12-34-26(19)41-5/h10-13,15H,6-9H2,1-5H3,(H,32,33,37,38). The molecule has 6 rings (SSSR count). The van der Waals surface area contributed by atoms with E-state index < -0.39 is 11.9 Å². The maximum Gasteiger partial charge on any atom is 0.434 e. The predicted molar refractivity (Wildman–Crippen MR) is 147 cm³/mol. The molecule has 11 nitrogen and oxygen atoms in total. The third-order valence-electron chi connectivity index (χ3n) is 7.29. The van der Waals surface area contributed by atoms with Crippen LogP contribution in [-0.2, 0) is 6.18 Å². The Balaban J connectivity index is 1.33. The molecule has 2 aliphatic rings. The van der Waals surface area contributed by atoms with Crippen molar-refractivity contribution >= 4 is 28.3 Å². The second-order valence-corrected chi connectivity index (χ2v) is 10.5. The van der Waals surface area contributed by atoms with Crippen LogP contribution in [0.5, 0.6) is 5.88 Å². The molecule has 0 unspecified atom stereocenters. The number of rotatable bonds is 9. The molecule has 0 spiro atoms. The van der Waals surface area contributed by atoms with E-state index in [4.69, 9.17) is 9.72 Å². The smallest absolute Gasteiger partial charge is 0.434 e. The summed E-state index contributed by atoms with van der Waals surface area (Å²) < 4.78 is 47.5.